The molecule has 0 aliphatic carbocycles. The van der Waals surface area contributed by atoms with Crippen molar-refractivity contribution in [2.45, 2.75) is 19.1 Å². The van der Waals surface area contributed by atoms with Gasteiger partial charge in [0, 0.05) is 6.42 Å². The summed E-state index contributed by atoms with van der Waals surface area (Å²) in [4.78, 5) is 3.97. The second kappa shape index (κ2) is 3.87. The van der Waals surface area contributed by atoms with Crippen LogP contribution in [0.5, 0.6) is 0 Å². The van der Waals surface area contributed by atoms with Crippen LogP contribution in [-0.2, 0) is 13.0 Å². The van der Waals surface area contributed by atoms with Gasteiger partial charge in [0.15, 0.2) is 0 Å². The topological polar surface area (TPSA) is 30.7 Å². The third-order valence-corrected chi connectivity index (χ3v) is 3.58. The van der Waals surface area contributed by atoms with Gasteiger partial charge in [-0.15, -0.1) is 0 Å². The standard InChI is InChI=1S/C11H8BrF2N3/c12-10-9-3-7(14)5-17(9)16-11(10)8-2-1-6(13)4-15-8/h1-2,4,7H,3,5H2. The minimum Gasteiger partial charge on any atom is -0.265 e. The van der Waals surface area contributed by atoms with Gasteiger partial charge in [0.25, 0.3) is 0 Å². The van der Waals surface area contributed by atoms with Gasteiger partial charge in [-0.2, -0.15) is 5.10 Å². The normalized spacial score (nSPS) is 18.4. The summed E-state index contributed by atoms with van der Waals surface area (Å²) in [5.41, 5.74) is 2.04. The molecule has 2 aromatic heterocycles. The van der Waals surface area contributed by atoms with E-state index in [2.05, 4.69) is 26.0 Å². The molecular formula is C11H8BrF2N3. The van der Waals surface area contributed by atoms with Crippen LogP contribution in [0.4, 0.5) is 8.78 Å². The van der Waals surface area contributed by atoms with Gasteiger partial charge < -0.3 is 0 Å². The minimum absolute atomic E-state index is 0.273. The Hall–Kier alpha value is -1.30. The van der Waals surface area contributed by atoms with E-state index in [-0.39, 0.29) is 12.4 Å². The summed E-state index contributed by atoms with van der Waals surface area (Å²) in [7, 11) is 0. The van der Waals surface area contributed by atoms with Crippen molar-refractivity contribution >= 4 is 15.9 Å². The predicted molar refractivity (Wildman–Crippen MR) is 61.7 cm³/mol. The number of fused-ring (bicyclic) bond motifs is 1. The van der Waals surface area contributed by atoms with Crippen LogP contribution in [0.3, 0.4) is 0 Å². The van der Waals surface area contributed by atoms with Crippen LogP contribution in [0.2, 0.25) is 0 Å². The smallest absolute Gasteiger partial charge is 0.141 e. The lowest BCUT2D eigenvalue weighted by atomic mass is 10.2. The van der Waals surface area contributed by atoms with Gasteiger partial charge in [0.05, 0.1) is 28.6 Å². The first kappa shape index (κ1) is 10.8. The number of aromatic nitrogens is 3. The largest absolute Gasteiger partial charge is 0.265 e. The van der Waals surface area contributed by atoms with E-state index in [1.807, 2.05) is 0 Å². The van der Waals surface area contributed by atoms with Crippen LogP contribution in [0.1, 0.15) is 5.69 Å². The van der Waals surface area contributed by atoms with E-state index < -0.39 is 6.17 Å². The third-order valence-electron chi connectivity index (χ3n) is 2.75. The SMILES string of the molecule is Fc1ccc(-c2nn3c(c2Br)CC(F)C3)nc1. The molecule has 3 rings (SSSR count). The van der Waals surface area contributed by atoms with Crippen molar-refractivity contribution in [2.24, 2.45) is 0 Å². The van der Waals surface area contributed by atoms with E-state index in [1.54, 1.807) is 10.7 Å². The molecule has 0 fully saturated rings. The van der Waals surface area contributed by atoms with Gasteiger partial charge in [-0.3, -0.25) is 9.67 Å². The second-order valence-corrected chi connectivity index (χ2v) is 4.75. The van der Waals surface area contributed by atoms with Crippen molar-refractivity contribution in [3.8, 4) is 11.4 Å². The van der Waals surface area contributed by atoms with Crippen molar-refractivity contribution in [2.75, 3.05) is 0 Å². The van der Waals surface area contributed by atoms with Crippen molar-refractivity contribution in [1.29, 1.82) is 0 Å². The summed E-state index contributed by atoms with van der Waals surface area (Å²) < 4.78 is 28.3. The van der Waals surface area contributed by atoms with Crippen LogP contribution in [-0.4, -0.2) is 20.9 Å². The first-order valence-electron chi connectivity index (χ1n) is 5.16. The molecule has 3 nitrogen and oxygen atoms in total. The van der Waals surface area contributed by atoms with Gasteiger partial charge in [-0.05, 0) is 28.1 Å². The van der Waals surface area contributed by atoms with Crippen LogP contribution in [0, 0.1) is 5.82 Å². The fourth-order valence-electron chi connectivity index (χ4n) is 1.96. The average molecular weight is 300 g/mol. The number of alkyl halides is 1. The molecule has 17 heavy (non-hydrogen) atoms. The number of pyridine rings is 1. The lowest BCUT2D eigenvalue weighted by Gasteiger charge is -1.99. The molecule has 3 heterocycles. The number of hydrogen-bond acceptors (Lipinski definition) is 2. The van der Waals surface area contributed by atoms with E-state index in [0.717, 1.165) is 16.4 Å². The highest BCUT2D eigenvalue weighted by atomic mass is 79.9. The van der Waals surface area contributed by atoms with Crippen LogP contribution < -0.4 is 0 Å². The van der Waals surface area contributed by atoms with Gasteiger partial charge >= 0.3 is 0 Å². The molecular weight excluding hydrogens is 292 g/mol. The maximum absolute atomic E-state index is 13.2. The van der Waals surface area contributed by atoms with Crippen LogP contribution in [0.25, 0.3) is 11.4 Å². The highest BCUT2D eigenvalue weighted by Crippen LogP contribution is 2.33. The lowest BCUT2D eigenvalue weighted by Crippen LogP contribution is -2.03. The Bertz CT molecular complexity index is 565. The van der Waals surface area contributed by atoms with Crippen LogP contribution in [0.15, 0.2) is 22.8 Å². The zero-order valence-corrected chi connectivity index (χ0v) is 10.3. The zero-order chi connectivity index (χ0) is 12.0. The second-order valence-electron chi connectivity index (χ2n) is 3.95. The molecule has 1 unspecified atom stereocenters. The third kappa shape index (κ3) is 1.76. The minimum atomic E-state index is -0.871. The molecule has 0 bridgehead atoms. The van der Waals surface area contributed by atoms with Crippen LogP contribution >= 0.6 is 15.9 Å². The van der Waals surface area contributed by atoms with Crippen molar-refractivity contribution in [3.05, 3.63) is 34.3 Å². The van der Waals surface area contributed by atoms with Gasteiger partial charge in [-0.1, -0.05) is 0 Å². The first-order valence-corrected chi connectivity index (χ1v) is 5.95. The van der Waals surface area contributed by atoms with Gasteiger partial charge in [0.2, 0.25) is 0 Å². The lowest BCUT2D eigenvalue weighted by molar-refractivity contribution is 0.322. The fraction of sp³-hybridized carbons (Fsp3) is 0.273. The van der Waals surface area contributed by atoms with Gasteiger partial charge in [0.1, 0.15) is 17.7 Å². The molecule has 0 saturated carbocycles. The highest BCUT2D eigenvalue weighted by molar-refractivity contribution is 9.10. The maximum Gasteiger partial charge on any atom is 0.141 e. The average Bonchev–Trinajstić information content (AvgIpc) is 2.79. The summed E-state index contributed by atoms with van der Waals surface area (Å²) in [6.07, 6.45) is 0.628. The van der Waals surface area contributed by atoms with E-state index in [9.17, 15) is 8.78 Å². The Kier molecular flexibility index (Phi) is 2.47. The molecule has 2 aromatic rings. The van der Waals surface area contributed by atoms with E-state index in [1.165, 1.54) is 6.07 Å². The van der Waals surface area contributed by atoms with Crippen molar-refractivity contribution in [1.82, 2.24) is 14.8 Å². The fourth-order valence-corrected chi connectivity index (χ4v) is 2.61. The maximum atomic E-state index is 13.2. The van der Waals surface area contributed by atoms with Gasteiger partial charge in [-0.25, -0.2) is 8.78 Å². The molecule has 0 saturated heterocycles. The van der Waals surface area contributed by atoms with E-state index in [0.29, 0.717) is 17.8 Å². The number of rotatable bonds is 1. The summed E-state index contributed by atoms with van der Waals surface area (Å²) in [6, 6.07) is 2.89. The summed E-state index contributed by atoms with van der Waals surface area (Å²) in [5, 5.41) is 4.29. The first-order chi connectivity index (χ1) is 8.15. The Labute approximate surface area is 105 Å². The molecule has 0 spiro atoms. The molecule has 0 aromatic carbocycles. The molecule has 1 aliphatic rings. The number of nitrogens with zero attached hydrogens (tertiary/aromatic N) is 3. The van der Waals surface area contributed by atoms with E-state index in [4.69, 9.17) is 0 Å². The summed E-state index contributed by atoms with van der Waals surface area (Å²) >= 11 is 3.40. The van der Waals surface area contributed by atoms with Crippen molar-refractivity contribution in [3.63, 3.8) is 0 Å². The monoisotopic (exact) mass is 299 g/mol. The molecule has 1 aliphatic heterocycles. The Morgan fingerprint density at radius 2 is 2.24 bits per heavy atom. The molecule has 6 heteroatoms. The number of halogens is 3. The Morgan fingerprint density at radius 3 is 2.88 bits per heavy atom. The molecule has 0 N–H and O–H groups in total. The van der Waals surface area contributed by atoms with E-state index >= 15 is 0 Å². The predicted octanol–water partition coefficient (Wildman–Crippen LogP) is 2.74. The zero-order valence-electron chi connectivity index (χ0n) is 8.70. The molecule has 1 atom stereocenters. The number of hydrogen-bond donors (Lipinski definition) is 0. The molecule has 0 radical (unpaired) electrons. The Morgan fingerprint density at radius 1 is 1.41 bits per heavy atom. The summed E-state index contributed by atoms with van der Waals surface area (Å²) in [6.45, 7) is 0.273. The summed E-state index contributed by atoms with van der Waals surface area (Å²) in [5.74, 6) is -0.388. The highest BCUT2D eigenvalue weighted by Gasteiger charge is 2.27. The quantitative estimate of drug-likeness (QED) is 0.811. The molecule has 0 amide bonds. The Balaban J connectivity index is 2.06. The van der Waals surface area contributed by atoms with Crippen molar-refractivity contribution < 1.29 is 8.78 Å². The molecule has 88 valence electrons.